The number of rotatable bonds is 24. The minimum absolute atomic E-state index is 0.000789. The molecule has 6 atom stereocenters. The zero-order valence-corrected chi connectivity index (χ0v) is 30.2. The number of primary amides is 1. The maximum Gasteiger partial charge on any atom is 0.326 e. The molecule has 13 N–H and O–H groups in total. The lowest BCUT2D eigenvalue weighted by atomic mass is 10.0. The van der Waals surface area contributed by atoms with Crippen molar-refractivity contribution in [1.29, 1.82) is 0 Å². The van der Waals surface area contributed by atoms with E-state index in [1.807, 2.05) is 0 Å². The van der Waals surface area contributed by atoms with E-state index in [-0.39, 0.29) is 43.6 Å². The molecule has 0 fully saturated rings. The Morgan fingerprint density at radius 2 is 1.29 bits per heavy atom. The summed E-state index contributed by atoms with van der Waals surface area (Å²) in [7, 11) is 0. The zero-order chi connectivity index (χ0) is 38.6. The molecular weight excluding hydrogens is 717 g/mol. The third-order valence-corrected chi connectivity index (χ3v) is 8.51. The molecule has 1 aromatic carbocycles. The number of aromatic nitrogens is 2. The molecule has 0 saturated heterocycles. The van der Waals surface area contributed by atoms with Gasteiger partial charge in [0, 0.05) is 42.7 Å². The summed E-state index contributed by atoms with van der Waals surface area (Å²) in [6, 6.07) is 1.19. The number of amides is 6. The van der Waals surface area contributed by atoms with Crippen molar-refractivity contribution in [2.45, 2.75) is 81.2 Å². The van der Waals surface area contributed by atoms with Gasteiger partial charge in [-0.25, -0.2) is 9.78 Å². The van der Waals surface area contributed by atoms with E-state index in [0.29, 0.717) is 30.6 Å². The normalized spacial score (nSPS) is 14.4. The highest BCUT2D eigenvalue weighted by atomic mass is 32.1. The average Bonchev–Trinajstić information content (AvgIpc) is 3.64. The second-order valence-electron chi connectivity index (χ2n) is 11.9. The Labute approximate surface area is 311 Å². The molecule has 0 aliphatic carbocycles. The lowest BCUT2D eigenvalue weighted by Gasteiger charge is -2.26. The van der Waals surface area contributed by atoms with Crippen molar-refractivity contribution < 1.29 is 38.7 Å². The summed E-state index contributed by atoms with van der Waals surface area (Å²) in [6.45, 7) is 0.321. The molecule has 0 spiro atoms. The van der Waals surface area contributed by atoms with E-state index >= 15 is 0 Å². The Balaban J connectivity index is 2.24. The standard InChI is InChI=1S/C32H48N10O8S2/c33-11-5-4-8-21(28(45)41-24(32(49)50)12-18-6-2-1-3-7-18)39-31(48)25(16-52)42-30(47)23(13-19-14-36-17-37-19)40-29(46)22(9-10-26(35)43)38-27(44)20(34)15-51/h1-3,6-7,14,17,20-25,51-52H,4-5,8-13,15-16,33-34H2,(H2,35,43)(H,36,37)(H,38,44)(H,39,48)(H,40,46)(H,41,45)(H,42,47)(H,49,50)/t20-,21+,22-,23-,24-,25-/m0/s1. The molecule has 18 nitrogen and oxygen atoms in total. The quantitative estimate of drug-likeness (QED) is 0.0385. The molecule has 0 saturated carbocycles. The monoisotopic (exact) mass is 764 g/mol. The van der Waals surface area contributed by atoms with Gasteiger partial charge in [0.05, 0.1) is 12.4 Å². The number of imidazole rings is 1. The lowest BCUT2D eigenvalue weighted by molar-refractivity contribution is -0.142. The van der Waals surface area contributed by atoms with Gasteiger partial charge in [0.2, 0.25) is 35.4 Å². The molecule has 0 aliphatic heterocycles. The lowest BCUT2D eigenvalue weighted by Crippen LogP contribution is -2.60. The average molecular weight is 765 g/mol. The molecule has 2 aromatic rings. The molecule has 0 aliphatic rings. The molecule has 20 heteroatoms. The number of nitrogens with one attached hydrogen (secondary N) is 6. The van der Waals surface area contributed by atoms with E-state index in [4.69, 9.17) is 17.2 Å². The first-order chi connectivity index (χ1) is 24.8. The maximum absolute atomic E-state index is 13.6. The number of carboxylic acid groups (broad SMARTS) is 1. The summed E-state index contributed by atoms with van der Waals surface area (Å²) in [5.74, 6) is -6.20. The zero-order valence-electron chi connectivity index (χ0n) is 28.5. The van der Waals surface area contributed by atoms with E-state index in [9.17, 15) is 38.7 Å². The summed E-state index contributed by atoms with van der Waals surface area (Å²) in [6.07, 6.45) is 3.24. The van der Waals surface area contributed by atoms with Gasteiger partial charge in [0.1, 0.15) is 30.2 Å². The third kappa shape index (κ3) is 15.3. The van der Waals surface area contributed by atoms with Gasteiger partial charge >= 0.3 is 5.97 Å². The van der Waals surface area contributed by atoms with E-state index in [0.717, 1.165) is 0 Å². The summed E-state index contributed by atoms with van der Waals surface area (Å²) < 4.78 is 0. The van der Waals surface area contributed by atoms with Crippen molar-refractivity contribution >= 4 is 66.7 Å². The van der Waals surface area contributed by atoms with Crippen LogP contribution in [-0.2, 0) is 46.4 Å². The van der Waals surface area contributed by atoms with Crippen molar-refractivity contribution in [3.05, 3.63) is 54.1 Å². The first-order valence-electron chi connectivity index (χ1n) is 16.5. The number of carboxylic acids is 1. The second-order valence-corrected chi connectivity index (χ2v) is 12.6. The Hall–Kier alpha value is -4.66. The van der Waals surface area contributed by atoms with E-state index in [2.05, 4.69) is 61.8 Å². The Kier molecular flexibility index (Phi) is 19.3. The minimum atomic E-state index is -1.34. The van der Waals surface area contributed by atoms with E-state index < -0.39 is 77.7 Å². The summed E-state index contributed by atoms with van der Waals surface area (Å²) in [5.41, 5.74) is 17.7. The van der Waals surface area contributed by atoms with Gasteiger partial charge in [0.25, 0.3) is 0 Å². The van der Waals surface area contributed by atoms with Crippen LogP contribution >= 0.6 is 25.3 Å². The number of carbonyl (C=O) groups excluding carboxylic acids is 6. The highest BCUT2D eigenvalue weighted by molar-refractivity contribution is 7.80. The summed E-state index contributed by atoms with van der Waals surface area (Å²) in [4.78, 5) is 96.6. The number of thiol groups is 2. The van der Waals surface area contributed by atoms with Crippen LogP contribution in [0.2, 0.25) is 0 Å². The van der Waals surface area contributed by atoms with Crippen molar-refractivity contribution in [1.82, 2.24) is 36.6 Å². The van der Waals surface area contributed by atoms with Gasteiger partial charge in [0.15, 0.2) is 0 Å². The van der Waals surface area contributed by atoms with Crippen LogP contribution in [0.4, 0.5) is 0 Å². The number of benzene rings is 1. The second kappa shape index (κ2) is 23.0. The van der Waals surface area contributed by atoms with Crippen molar-refractivity contribution in [3.63, 3.8) is 0 Å². The molecule has 6 amide bonds. The third-order valence-electron chi connectivity index (χ3n) is 7.75. The number of nitrogens with zero attached hydrogens (tertiary/aromatic N) is 1. The Bertz CT molecular complexity index is 1480. The Morgan fingerprint density at radius 1 is 0.731 bits per heavy atom. The molecule has 0 radical (unpaired) electrons. The molecule has 2 rings (SSSR count). The fraction of sp³-hybridized carbons (Fsp3) is 0.500. The van der Waals surface area contributed by atoms with Gasteiger partial charge in [-0.1, -0.05) is 30.3 Å². The number of unbranched alkanes of at least 4 members (excludes halogenated alkanes) is 1. The molecule has 52 heavy (non-hydrogen) atoms. The summed E-state index contributed by atoms with van der Waals surface area (Å²) >= 11 is 8.20. The molecule has 0 bridgehead atoms. The van der Waals surface area contributed by atoms with Gasteiger partial charge in [-0.3, -0.25) is 28.8 Å². The minimum Gasteiger partial charge on any atom is -0.480 e. The number of H-pyrrole nitrogens is 1. The van der Waals surface area contributed by atoms with Crippen LogP contribution in [0.15, 0.2) is 42.9 Å². The maximum atomic E-state index is 13.6. The molecule has 1 aromatic heterocycles. The predicted molar refractivity (Wildman–Crippen MR) is 197 cm³/mol. The van der Waals surface area contributed by atoms with Crippen LogP contribution in [0.3, 0.4) is 0 Å². The van der Waals surface area contributed by atoms with Gasteiger partial charge < -0.3 is 53.9 Å². The highest BCUT2D eigenvalue weighted by Crippen LogP contribution is 2.08. The van der Waals surface area contributed by atoms with E-state index in [1.165, 1.54) is 12.5 Å². The van der Waals surface area contributed by atoms with Crippen LogP contribution in [0.25, 0.3) is 0 Å². The number of hydrogen-bond donors (Lipinski definition) is 12. The number of aromatic amines is 1. The molecule has 1 heterocycles. The number of aliphatic carboxylic acids is 1. The molecular formula is C32H48N10O8S2. The first-order valence-corrected chi connectivity index (χ1v) is 17.8. The van der Waals surface area contributed by atoms with Crippen molar-refractivity contribution in [2.24, 2.45) is 17.2 Å². The van der Waals surface area contributed by atoms with Crippen LogP contribution < -0.4 is 43.8 Å². The smallest absolute Gasteiger partial charge is 0.326 e. The predicted octanol–water partition coefficient (Wildman–Crippen LogP) is -2.72. The SMILES string of the molecule is NCCCC[C@@H](NC(=O)[C@H](CS)NC(=O)[C@H](Cc1cnc[nH]1)NC(=O)[C@H](CCC(N)=O)NC(=O)[C@@H](N)CS)C(=O)N[C@@H](Cc1ccccc1)C(=O)O. The fourth-order valence-corrected chi connectivity index (χ4v) is 5.26. The Morgan fingerprint density at radius 3 is 1.85 bits per heavy atom. The molecule has 286 valence electrons. The topological polar surface area (TPSA) is 307 Å². The van der Waals surface area contributed by atoms with Crippen LogP contribution in [0.1, 0.15) is 43.4 Å². The van der Waals surface area contributed by atoms with Gasteiger partial charge in [-0.15, -0.1) is 0 Å². The van der Waals surface area contributed by atoms with Crippen molar-refractivity contribution in [2.75, 3.05) is 18.1 Å². The summed E-state index contributed by atoms with van der Waals surface area (Å²) in [5, 5.41) is 22.4. The highest BCUT2D eigenvalue weighted by Gasteiger charge is 2.33. The number of nitrogens with two attached hydrogens (primary N) is 3. The fourth-order valence-electron chi connectivity index (χ4n) is 4.84. The molecule has 0 unspecified atom stereocenters. The van der Waals surface area contributed by atoms with Gasteiger partial charge in [-0.2, -0.15) is 25.3 Å². The van der Waals surface area contributed by atoms with E-state index in [1.54, 1.807) is 30.3 Å². The number of carbonyl (C=O) groups is 7. The van der Waals surface area contributed by atoms with Gasteiger partial charge in [-0.05, 0) is 37.8 Å². The van der Waals surface area contributed by atoms with Crippen LogP contribution in [-0.4, -0.2) is 111 Å². The van der Waals surface area contributed by atoms with Crippen LogP contribution in [0.5, 0.6) is 0 Å². The largest absolute Gasteiger partial charge is 0.480 e. The number of hydrogen-bond acceptors (Lipinski definition) is 12. The van der Waals surface area contributed by atoms with Crippen molar-refractivity contribution in [3.8, 4) is 0 Å². The van der Waals surface area contributed by atoms with Crippen LogP contribution in [0, 0.1) is 0 Å². The first kappa shape index (κ1) is 43.5.